The highest BCUT2D eigenvalue weighted by atomic mass is 17.2. The Bertz CT molecular complexity index is 112. The van der Waals surface area contributed by atoms with Gasteiger partial charge in [0.15, 0.2) is 6.29 Å². The first-order valence-electron chi connectivity index (χ1n) is 4.54. The molecule has 0 aliphatic carbocycles. The zero-order valence-electron chi connectivity index (χ0n) is 8.46. The smallest absolute Gasteiger partial charge is 0.188 e. The maximum Gasteiger partial charge on any atom is 0.188 e. The van der Waals surface area contributed by atoms with Crippen LogP contribution in [0.5, 0.6) is 0 Å². The molecule has 0 rings (SSSR count). The Morgan fingerprint density at radius 1 is 1.33 bits per heavy atom. The van der Waals surface area contributed by atoms with Gasteiger partial charge in [-0.3, -0.25) is 0 Å². The number of hydrogen-bond donors (Lipinski definition) is 1. The van der Waals surface area contributed by atoms with Gasteiger partial charge in [0.05, 0.1) is 5.60 Å². The van der Waals surface area contributed by atoms with Crippen LogP contribution < -0.4 is 0 Å². The second-order valence-electron chi connectivity index (χ2n) is 3.54. The maximum atomic E-state index is 9.16. The molecule has 74 valence electrons. The summed E-state index contributed by atoms with van der Waals surface area (Å²) in [6.45, 7) is 7.84. The van der Waals surface area contributed by atoms with Crippen molar-refractivity contribution >= 4 is 0 Å². The molecule has 1 unspecified atom stereocenters. The summed E-state index contributed by atoms with van der Waals surface area (Å²) in [5.41, 5.74) is -0.311. The van der Waals surface area contributed by atoms with Gasteiger partial charge in [0, 0.05) is 6.42 Å². The summed E-state index contributed by atoms with van der Waals surface area (Å²) >= 11 is 0. The van der Waals surface area contributed by atoms with E-state index in [0.29, 0.717) is 6.42 Å². The molecule has 0 aromatic rings. The van der Waals surface area contributed by atoms with Crippen molar-refractivity contribution in [2.75, 3.05) is 0 Å². The Hall–Kier alpha value is -0.120. The SMILES string of the molecule is CCCC(O)OOC(C)(C)CC. The normalized spacial score (nSPS) is 14.8. The van der Waals surface area contributed by atoms with Crippen molar-refractivity contribution in [2.24, 2.45) is 0 Å². The largest absolute Gasteiger partial charge is 0.366 e. The molecular formula is C9H20O3. The van der Waals surface area contributed by atoms with E-state index < -0.39 is 6.29 Å². The molecule has 0 aliphatic rings. The van der Waals surface area contributed by atoms with Gasteiger partial charge in [-0.1, -0.05) is 20.3 Å². The summed E-state index contributed by atoms with van der Waals surface area (Å²) in [7, 11) is 0. The molecule has 0 saturated heterocycles. The molecule has 12 heavy (non-hydrogen) atoms. The summed E-state index contributed by atoms with van der Waals surface area (Å²) < 4.78 is 0. The van der Waals surface area contributed by atoms with Crippen molar-refractivity contribution in [2.45, 2.75) is 58.8 Å². The maximum absolute atomic E-state index is 9.16. The van der Waals surface area contributed by atoms with Crippen molar-refractivity contribution in [1.29, 1.82) is 0 Å². The molecule has 0 amide bonds. The molecule has 1 N–H and O–H groups in total. The average molecular weight is 176 g/mol. The van der Waals surface area contributed by atoms with Crippen molar-refractivity contribution in [3.05, 3.63) is 0 Å². The molecule has 1 atom stereocenters. The second kappa shape index (κ2) is 5.51. The van der Waals surface area contributed by atoms with Crippen LogP contribution in [-0.4, -0.2) is 17.0 Å². The average Bonchev–Trinajstić information content (AvgIpc) is 2.02. The summed E-state index contributed by atoms with van der Waals surface area (Å²) in [6.07, 6.45) is 1.56. The van der Waals surface area contributed by atoms with Gasteiger partial charge in [-0.2, -0.15) is 0 Å². The van der Waals surface area contributed by atoms with Crippen LogP contribution in [0.25, 0.3) is 0 Å². The molecule has 0 bridgehead atoms. The Labute approximate surface area is 74.6 Å². The van der Waals surface area contributed by atoms with E-state index in [9.17, 15) is 0 Å². The molecule has 0 aliphatic heterocycles. The monoisotopic (exact) mass is 176 g/mol. The van der Waals surface area contributed by atoms with Gasteiger partial charge in [0.1, 0.15) is 0 Å². The predicted molar refractivity (Wildman–Crippen MR) is 47.5 cm³/mol. The van der Waals surface area contributed by atoms with Gasteiger partial charge in [-0.05, 0) is 20.3 Å². The topological polar surface area (TPSA) is 38.7 Å². The van der Waals surface area contributed by atoms with Crippen LogP contribution in [0, 0.1) is 0 Å². The summed E-state index contributed by atoms with van der Waals surface area (Å²) in [5, 5.41) is 9.16. The molecule has 0 fully saturated rings. The van der Waals surface area contributed by atoms with E-state index in [1.54, 1.807) is 0 Å². The quantitative estimate of drug-likeness (QED) is 0.383. The minimum Gasteiger partial charge on any atom is -0.366 e. The van der Waals surface area contributed by atoms with E-state index in [0.717, 1.165) is 12.8 Å². The Balaban J connectivity index is 3.52. The van der Waals surface area contributed by atoms with Crippen LogP contribution in [0.2, 0.25) is 0 Å². The van der Waals surface area contributed by atoms with Gasteiger partial charge < -0.3 is 5.11 Å². The third-order valence-electron chi connectivity index (χ3n) is 1.77. The summed E-state index contributed by atoms with van der Waals surface area (Å²) in [4.78, 5) is 9.84. The molecule has 3 heteroatoms. The van der Waals surface area contributed by atoms with E-state index in [4.69, 9.17) is 14.9 Å². The van der Waals surface area contributed by atoms with Crippen LogP contribution >= 0.6 is 0 Å². The minimum atomic E-state index is -0.791. The predicted octanol–water partition coefficient (Wildman–Crippen LogP) is 2.24. The molecule has 3 nitrogen and oxygen atoms in total. The molecule has 0 aromatic carbocycles. The number of hydrogen-bond acceptors (Lipinski definition) is 3. The van der Waals surface area contributed by atoms with E-state index in [1.807, 2.05) is 27.7 Å². The molecule has 0 radical (unpaired) electrons. The van der Waals surface area contributed by atoms with Gasteiger partial charge >= 0.3 is 0 Å². The highest BCUT2D eigenvalue weighted by molar-refractivity contribution is 4.62. The third-order valence-corrected chi connectivity index (χ3v) is 1.77. The molecule has 0 saturated carbocycles. The first-order chi connectivity index (χ1) is 5.52. The zero-order valence-corrected chi connectivity index (χ0v) is 8.46. The fourth-order valence-corrected chi connectivity index (χ4v) is 0.540. The van der Waals surface area contributed by atoms with Gasteiger partial charge in [0.25, 0.3) is 0 Å². The van der Waals surface area contributed by atoms with Crippen LogP contribution in [0.15, 0.2) is 0 Å². The fraction of sp³-hybridized carbons (Fsp3) is 1.00. The van der Waals surface area contributed by atoms with Gasteiger partial charge in [0.2, 0.25) is 0 Å². The van der Waals surface area contributed by atoms with Crippen molar-refractivity contribution in [3.8, 4) is 0 Å². The lowest BCUT2D eigenvalue weighted by Crippen LogP contribution is -2.26. The van der Waals surface area contributed by atoms with Crippen molar-refractivity contribution in [1.82, 2.24) is 0 Å². The number of aliphatic hydroxyl groups is 1. The van der Waals surface area contributed by atoms with Crippen molar-refractivity contribution in [3.63, 3.8) is 0 Å². The Morgan fingerprint density at radius 3 is 2.33 bits per heavy atom. The Morgan fingerprint density at radius 2 is 1.92 bits per heavy atom. The molecule has 0 spiro atoms. The minimum absolute atomic E-state index is 0.311. The standard InChI is InChI=1S/C9H20O3/c1-5-7-8(10)11-12-9(3,4)6-2/h8,10H,5-7H2,1-4H3. The first-order valence-corrected chi connectivity index (χ1v) is 4.54. The lowest BCUT2D eigenvalue weighted by Gasteiger charge is -2.23. The lowest BCUT2D eigenvalue weighted by molar-refractivity contribution is -0.413. The van der Waals surface area contributed by atoms with E-state index in [2.05, 4.69) is 0 Å². The summed E-state index contributed by atoms with van der Waals surface area (Å²) in [5.74, 6) is 0. The highest BCUT2D eigenvalue weighted by Crippen LogP contribution is 2.15. The number of rotatable bonds is 6. The van der Waals surface area contributed by atoms with Gasteiger partial charge in [-0.25, -0.2) is 9.78 Å². The summed E-state index contributed by atoms with van der Waals surface area (Å²) in [6, 6.07) is 0. The number of aliphatic hydroxyl groups excluding tert-OH is 1. The molecular weight excluding hydrogens is 156 g/mol. The van der Waals surface area contributed by atoms with E-state index in [1.165, 1.54) is 0 Å². The van der Waals surface area contributed by atoms with Crippen LogP contribution in [-0.2, 0) is 9.78 Å². The molecule has 0 heterocycles. The van der Waals surface area contributed by atoms with E-state index >= 15 is 0 Å². The zero-order chi connectivity index (χ0) is 9.61. The molecule has 0 aromatic heterocycles. The van der Waals surface area contributed by atoms with Crippen LogP contribution in [0.3, 0.4) is 0 Å². The fourth-order valence-electron chi connectivity index (χ4n) is 0.540. The highest BCUT2D eigenvalue weighted by Gasteiger charge is 2.18. The van der Waals surface area contributed by atoms with Crippen LogP contribution in [0.1, 0.15) is 47.0 Å². The first kappa shape index (κ1) is 11.9. The third kappa shape index (κ3) is 5.52. The Kier molecular flexibility index (Phi) is 5.46. The van der Waals surface area contributed by atoms with Crippen molar-refractivity contribution < 1.29 is 14.9 Å². The second-order valence-corrected chi connectivity index (χ2v) is 3.54. The van der Waals surface area contributed by atoms with Gasteiger partial charge in [-0.15, -0.1) is 0 Å². The van der Waals surface area contributed by atoms with Crippen LogP contribution in [0.4, 0.5) is 0 Å². The van der Waals surface area contributed by atoms with E-state index in [-0.39, 0.29) is 5.60 Å². The lowest BCUT2D eigenvalue weighted by atomic mass is 10.1.